The summed E-state index contributed by atoms with van der Waals surface area (Å²) >= 11 is 0. The summed E-state index contributed by atoms with van der Waals surface area (Å²) < 4.78 is 0. The van der Waals surface area contributed by atoms with Crippen LogP contribution in [0.15, 0.2) is 0 Å². The second-order valence-corrected chi connectivity index (χ2v) is 3.68. The van der Waals surface area contributed by atoms with Crippen LogP contribution in [-0.4, -0.2) is 41.0 Å². The number of carbonyl (C=O) groups is 3. The van der Waals surface area contributed by atoms with Crippen LogP contribution in [0.4, 0.5) is 4.79 Å². The average Bonchev–Trinajstić information content (AvgIpc) is 2.27. The highest BCUT2D eigenvalue weighted by Crippen LogP contribution is 1.96. The van der Waals surface area contributed by atoms with Gasteiger partial charge in [-0.1, -0.05) is 13.3 Å². The second kappa shape index (κ2) is 8.55. The van der Waals surface area contributed by atoms with Crippen molar-refractivity contribution < 1.29 is 19.5 Å². The molecule has 2 N–H and O–H groups in total. The largest absolute Gasteiger partial charge is 0.481 e. The van der Waals surface area contributed by atoms with Gasteiger partial charge in [0.1, 0.15) is 0 Å². The van der Waals surface area contributed by atoms with Crippen molar-refractivity contribution >= 4 is 17.9 Å². The van der Waals surface area contributed by atoms with E-state index in [4.69, 9.17) is 5.11 Å². The van der Waals surface area contributed by atoms with E-state index in [0.29, 0.717) is 13.1 Å². The van der Waals surface area contributed by atoms with Gasteiger partial charge in [0.2, 0.25) is 5.91 Å². The SMILES string of the molecule is CCCCN(CC)C(=O)NC(=O)CCC(=O)O. The average molecular weight is 244 g/mol. The van der Waals surface area contributed by atoms with Gasteiger partial charge in [-0.25, -0.2) is 4.79 Å². The van der Waals surface area contributed by atoms with E-state index in [9.17, 15) is 14.4 Å². The fraction of sp³-hybridized carbons (Fsp3) is 0.727. The van der Waals surface area contributed by atoms with Crippen molar-refractivity contribution in [1.82, 2.24) is 10.2 Å². The lowest BCUT2D eigenvalue weighted by molar-refractivity contribution is -0.138. The molecule has 0 heterocycles. The van der Waals surface area contributed by atoms with Crippen LogP contribution in [0.3, 0.4) is 0 Å². The molecule has 0 saturated heterocycles. The summed E-state index contributed by atoms with van der Waals surface area (Å²) in [7, 11) is 0. The Hall–Kier alpha value is -1.59. The van der Waals surface area contributed by atoms with Gasteiger partial charge in [-0.2, -0.15) is 0 Å². The Bertz CT molecular complexity index is 279. The van der Waals surface area contributed by atoms with E-state index in [1.54, 1.807) is 0 Å². The Morgan fingerprint density at radius 2 is 1.82 bits per heavy atom. The molecule has 0 atom stereocenters. The normalized spacial score (nSPS) is 9.76. The number of hydrogen-bond donors (Lipinski definition) is 2. The summed E-state index contributed by atoms with van der Waals surface area (Å²) in [6, 6.07) is -0.448. The van der Waals surface area contributed by atoms with E-state index in [2.05, 4.69) is 5.32 Å². The first-order valence-electron chi connectivity index (χ1n) is 5.81. The minimum atomic E-state index is -1.05. The van der Waals surface area contributed by atoms with E-state index in [-0.39, 0.29) is 12.8 Å². The predicted molar refractivity (Wildman–Crippen MR) is 62.6 cm³/mol. The van der Waals surface area contributed by atoms with Gasteiger partial charge in [-0.15, -0.1) is 0 Å². The molecular weight excluding hydrogens is 224 g/mol. The maximum Gasteiger partial charge on any atom is 0.324 e. The Morgan fingerprint density at radius 3 is 2.29 bits per heavy atom. The molecule has 0 aliphatic rings. The quantitative estimate of drug-likeness (QED) is 0.704. The van der Waals surface area contributed by atoms with Crippen molar-refractivity contribution in [2.24, 2.45) is 0 Å². The van der Waals surface area contributed by atoms with Crippen LogP contribution >= 0.6 is 0 Å². The van der Waals surface area contributed by atoms with Crippen LogP contribution in [-0.2, 0) is 9.59 Å². The summed E-state index contributed by atoms with van der Waals surface area (Å²) in [5.74, 6) is -1.60. The first-order valence-corrected chi connectivity index (χ1v) is 5.81. The van der Waals surface area contributed by atoms with E-state index in [0.717, 1.165) is 12.8 Å². The van der Waals surface area contributed by atoms with Gasteiger partial charge in [0.15, 0.2) is 0 Å². The number of amides is 3. The summed E-state index contributed by atoms with van der Waals surface area (Å²) in [5.41, 5.74) is 0. The van der Waals surface area contributed by atoms with Crippen molar-refractivity contribution in [3.05, 3.63) is 0 Å². The van der Waals surface area contributed by atoms with Gasteiger partial charge in [0, 0.05) is 19.5 Å². The summed E-state index contributed by atoms with van der Waals surface area (Å²) in [5, 5.41) is 10.6. The fourth-order valence-electron chi connectivity index (χ4n) is 1.23. The molecule has 0 aromatic heterocycles. The molecule has 0 aromatic carbocycles. The van der Waals surface area contributed by atoms with Gasteiger partial charge < -0.3 is 10.0 Å². The van der Waals surface area contributed by atoms with E-state index < -0.39 is 17.9 Å². The molecule has 0 aromatic rings. The monoisotopic (exact) mass is 244 g/mol. The molecule has 0 bridgehead atoms. The summed E-state index contributed by atoms with van der Waals surface area (Å²) in [4.78, 5) is 34.6. The molecule has 17 heavy (non-hydrogen) atoms. The lowest BCUT2D eigenvalue weighted by atomic mass is 10.3. The van der Waals surface area contributed by atoms with Crippen LogP contribution in [0, 0.1) is 0 Å². The van der Waals surface area contributed by atoms with Crippen LogP contribution in [0.1, 0.15) is 39.5 Å². The molecule has 0 fully saturated rings. The highest BCUT2D eigenvalue weighted by atomic mass is 16.4. The zero-order chi connectivity index (χ0) is 13.3. The lowest BCUT2D eigenvalue weighted by Crippen LogP contribution is -2.43. The molecule has 6 heteroatoms. The number of rotatable bonds is 7. The molecule has 0 aliphatic heterocycles. The van der Waals surface area contributed by atoms with Crippen LogP contribution < -0.4 is 5.32 Å². The molecule has 0 radical (unpaired) electrons. The zero-order valence-electron chi connectivity index (χ0n) is 10.4. The number of carbonyl (C=O) groups excluding carboxylic acids is 2. The third-order valence-electron chi connectivity index (χ3n) is 2.26. The maximum atomic E-state index is 11.6. The predicted octanol–water partition coefficient (Wildman–Crippen LogP) is 1.21. The summed E-state index contributed by atoms with van der Waals surface area (Å²) in [6.45, 7) is 4.98. The van der Waals surface area contributed by atoms with E-state index >= 15 is 0 Å². The van der Waals surface area contributed by atoms with Crippen LogP contribution in [0.2, 0.25) is 0 Å². The molecule has 98 valence electrons. The van der Waals surface area contributed by atoms with E-state index in [1.165, 1.54) is 4.90 Å². The fourth-order valence-corrected chi connectivity index (χ4v) is 1.23. The van der Waals surface area contributed by atoms with Crippen LogP contribution in [0.5, 0.6) is 0 Å². The number of hydrogen-bond acceptors (Lipinski definition) is 3. The lowest BCUT2D eigenvalue weighted by Gasteiger charge is -2.20. The van der Waals surface area contributed by atoms with Gasteiger partial charge in [-0.3, -0.25) is 14.9 Å². The van der Waals surface area contributed by atoms with Gasteiger partial charge >= 0.3 is 12.0 Å². The number of imide groups is 1. The van der Waals surface area contributed by atoms with Crippen molar-refractivity contribution in [1.29, 1.82) is 0 Å². The smallest absolute Gasteiger partial charge is 0.324 e. The Labute approximate surface area is 101 Å². The second-order valence-electron chi connectivity index (χ2n) is 3.68. The van der Waals surface area contributed by atoms with Gasteiger partial charge in [0.25, 0.3) is 0 Å². The number of aliphatic carboxylic acids is 1. The Morgan fingerprint density at radius 1 is 1.18 bits per heavy atom. The molecule has 6 nitrogen and oxygen atoms in total. The molecular formula is C11H20N2O4. The van der Waals surface area contributed by atoms with Crippen molar-refractivity contribution in [3.8, 4) is 0 Å². The van der Waals surface area contributed by atoms with Crippen molar-refractivity contribution in [3.63, 3.8) is 0 Å². The maximum absolute atomic E-state index is 11.6. The highest BCUT2D eigenvalue weighted by molar-refractivity contribution is 5.95. The third-order valence-corrected chi connectivity index (χ3v) is 2.26. The van der Waals surface area contributed by atoms with Crippen molar-refractivity contribution in [2.75, 3.05) is 13.1 Å². The van der Waals surface area contributed by atoms with Crippen molar-refractivity contribution in [2.45, 2.75) is 39.5 Å². The third kappa shape index (κ3) is 7.32. The minimum absolute atomic E-state index is 0.174. The molecule has 0 rings (SSSR count). The molecule has 3 amide bonds. The van der Waals surface area contributed by atoms with Gasteiger partial charge in [0.05, 0.1) is 6.42 Å². The number of nitrogens with zero attached hydrogens (tertiary/aromatic N) is 1. The standard InChI is InChI=1S/C11H20N2O4/c1-3-5-8-13(4-2)11(17)12-9(14)6-7-10(15)16/h3-8H2,1-2H3,(H,15,16)(H,12,14,17). The highest BCUT2D eigenvalue weighted by Gasteiger charge is 2.14. The number of nitrogens with one attached hydrogen (secondary N) is 1. The Balaban J connectivity index is 4.03. The molecule has 0 saturated carbocycles. The number of urea groups is 1. The van der Waals surface area contributed by atoms with Gasteiger partial charge in [-0.05, 0) is 13.3 Å². The zero-order valence-corrected chi connectivity index (χ0v) is 10.4. The molecule has 0 unspecified atom stereocenters. The first kappa shape index (κ1) is 15.4. The minimum Gasteiger partial charge on any atom is -0.481 e. The van der Waals surface area contributed by atoms with Crippen LogP contribution in [0.25, 0.3) is 0 Å². The van der Waals surface area contributed by atoms with E-state index in [1.807, 2.05) is 13.8 Å². The topological polar surface area (TPSA) is 86.7 Å². The number of unbranched alkanes of at least 4 members (excludes halogenated alkanes) is 1. The summed E-state index contributed by atoms with van der Waals surface area (Å²) in [6.07, 6.45) is 1.41. The Kier molecular flexibility index (Phi) is 7.75. The number of carboxylic acid groups (broad SMARTS) is 1. The molecule has 0 aliphatic carbocycles. The first-order chi connectivity index (χ1) is 8.01. The number of carboxylic acids is 1. The molecule has 0 spiro atoms.